The predicted molar refractivity (Wildman–Crippen MR) is 97.8 cm³/mol. The Kier molecular flexibility index (Phi) is 6.14. The quantitative estimate of drug-likeness (QED) is 0.561. The maximum atomic E-state index is 11.0. The molecule has 22 heavy (non-hydrogen) atoms. The summed E-state index contributed by atoms with van der Waals surface area (Å²) in [6.45, 7) is 0. The lowest BCUT2D eigenvalue weighted by Gasteiger charge is -2.08. The summed E-state index contributed by atoms with van der Waals surface area (Å²) in [6, 6.07) is 3.49. The van der Waals surface area contributed by atoms with Crippen molar-refractivity contribution >= 4 is 64.3 Å². The molecule has 0 bridgehead atoms. The Morgan fingerprint density at radius 2 is 2.00 bits per heavy atom. The fourth-order valence-corrected chi connectivity index (χ4v) is 3.84. The number of thioether (sulfide) groups is 1. The zero-order valence-electron chi connectivity index (χ0n) is 11.9. The molecule has 1 heterocycles. The molecule has 0 saturated heterocycles. The topological polar surface area (TPSA) is 34.9 Å². The third kappa shape index (κ3) is 3.77. The maximum Gasteiger partial charge on any atom is 0.186 e. The summed E-state index contributed by atoms with van der Waals surface area (Å²) in [4.78, 5) is 11.0. The van der Waals surface area contributed by atoms with Crippen molar-refractivity contribution in [3.8, 4) is 11.3 Å². The molecule has 0 saturated carbocycles. The Bertz CT molecular complexity index is 731. The van der Waals surface area contributed by atoms with E-state index in [1.54, 1.807) is 10.7 Å². The average molecular weight is 396 g/mol. The third-order valence-corrected chi connectivity index (χ3v) is 5.35. The first kappa shape index (κ1) is 18.0. The van der Waals surface area contributed by atoms with Crippen molar-refractivity contribution in [1.82, 2.24) is 9.78 Å². The van der Waals surface area contributed by atoms with E-state index in [1.807, 2.05) is 19.4 Å². The number of nitrogens with zero attached hydrogens (tertiary/aromatic N) is 2. The van der Waals surface area contributed by atoms with Crippen LogP contribution in [0.25, 0.3) is 11.3 Å². The molecule has 0 N–H and O–H groups in total. The predicted octanol–water partition coefficient (Wildman–Crippen LogP) is 5.16. The van der Waals surface area contributed by atoms with Gasteiger partial charge in [0.2, 0.25) is 0 Å². The van der Waals surface area contributed by atoms with Crippen molar-refractivity contribution in [2.75, 3.05) is 6.26 Å². The van der Waals surface area contributed by atoms with Gasteiger partial charge in [-0.25, -0.2) is 0 Å². The van der Waals surface area contributed by atoms with Crippen LogP contribution >= 0.6 is 59.2 Å². The van der Waals surface area contributed by atoms with Crippen LogP contribution in [-0.4, -0.2) is 21.2 Å². The molecule has 0 aliphatic heterocycles. The number of halogens is 3. The van der Waals surface area contributed by atoms with Crippen LogP contribution in [0.3, 0.4) is 0 Å². The first-order valence-electron chi connectivity index (χ1n) is 6.31. The van der Waals surface area contributed by atoms with E-state index >= 15 is 0 Å². The second kappa shape index (κ2) is 7.49. The molecule has 8 heteroatoms. The molecule has 0 fully saturated rings. The minimum absolute atomic E-state index is 0.187. The fraction of sp³-hybridized carbons (Fsp3) is 0.286. The average Bonchev–Trinajstić information content (AvgIpc) is 2.72. The zero-order chi connectivity index (χ0) is 16.4. The van der Waals surface area contributed by atoms with Crippen molar-refractivity contribution in [3.63, 3.8) is 0 Å². The molecule has 1 aromatic heterocycles. The summed E-state index contributed by atoms with van der Waals surface area (Å²) in [5.74, 6) is 0. The molecule has 0 radical (unpaired) electrons. The standard InChI is InChI=1S/C14H13Cl3N2OS2/c1-19-14(22-2)12(17)13(18-19)8-5-7(3-4-11(20)21)9(15)6-10(8)16/h5-6H,3-4H2,1-2H3,(H,20,21). The lowest BCUT2D eigenvalue weighted by Crippen LogP contribution is -1.95. The van der Waals surface area contributed by atoms with Crippen LogP contribution in [0.4, 0.5) is 0 Å². The van der Waals surface area contributed by atoms with E-state index in [1.165, 1.54) is 11.8 Å². The smallest absolute Gasteiger partial charge is 0.186 e. The zero-order valence-corrected chi connectivity index (χ0v) is 15.8. The first-order valence-corrected chi connectivity index (χ1v) is 9.12. The van der Waals surface area contributed by atoms with Gasteiger partial charge < -0.3 is 0 Å². The SMILES string of the molecule is CSc1c(Cl)c(-c2cc(CCC(=O)S)c(Cl)cc2Cl)nn1C. The van der Waals surface area contributed by atoms with E-state index in [0.717, 1.165) is 10.6 Å². The van der Waals surface area contributed by atoms with Crippen molar-refractivity contribution in [3.05, 3.63) is 32.8 Å². The van der Waals surface area contributed by atoms with Crippen LogP contribution in [0, 0.1) is 0 Å². The van der Waals surface area contributed by atoms with E-state index in [4.69, 9.17) is 34.8 Å². The van der Waals surface area contributed by atoms with Crippen LogP contribution < -0.4 is 0 Å². The summed E-state index contributed by atoms with van der Waals surface area (Å²) in [5, 5.41) is 6.64. The molecule has 3 nitrogen and oxygen atoms in total. The van der Waals surface area contributed by atoms with Crippen LogP contribution in [-0.2, 0) is 18.3 Å². The summed E-state index contributed by atoms with van der Waals surface area (Å²) in [7, 11) is 1.82. The van der Waals surface area contributed by atoms with Gasteiger partial charge in [0.1, 0.15) is 15.7 Å². The van der Waals surface area contributed by atoms with Gasteiger partial charge in [-0.15, -0.1) is 24.4 Å². The number of aryl methyl sites for hydroxylation is 2. The fourth-order valence-electron chi connectivity index (χ4n) is 2.08. The number of benzene rings is 1. The van der Waals surface area contributed by atoms with Crippen LogP contribution in [0.5, 0.6) is 0 Å². The first-order chi connectivity index (χ1) is 10.3. The summed E-state index contributed by atoms with van der Waals surface area (Å²) in [6.07, 6.45) is 2.72. The second-order valence-corrected chi connectivity index (χ2v) is 7.10. The minimum Gasteiger partial charge on any atom is -0.287 e. The molecular weight excluding hydrogens is 383 g/mol. The van der Waals surface area contributed by atoms with Gasteiger partial charge in [0.05, 0.1) is 5.02 Å². The van der Waals surface area contributed by atoms with E-state index in [2.05, 4.69) is 17.7 Å². The molecule has 0 aliphatic rings. The van der Waals surface area contributed by atoms with E-state index < -0.39 is 0 Å². The highest BCUT2D eigenvalue weighted by Crippen LogP contribution is 2.39. The van der Waals surface area contributed by atoms with Gasteiger partial charge in [0, 0.05) is 24.1 Å². The molecular formula is C14H13Cl3N2OS2. The van der Waals surface area contributed by atoms with Crippen molar-refractivity contribution < 1.29 is 4.79 Å². The van der Waals surface area contributed by atoms with Gasteiger partial charge >= 0.3 is 0 Å². The van der Waals surface area contributed by atoms with Crippen LogP contribution in [0.1, 0.15) is 12.0 Å². The van der Waals surface area contributed by atoms with Crippen molar-refractivity contribution in [1.29, 1.82) is 0 Å². The van der Waals surface area contributed by atoms with Crippen LogP contribution in [0.15, 0.2) is 17.2 Å². The number of carbonyl (C=O) groups excluding carboxylic acids is 1. The van der Waals surface area contributed by atoms with Crippen molar-refractivity contribution in [2.45, 2.75) is 17.9 Å². The molecule has 0 spiro atoms. The third-order valence-electron chi connectivity index (χ3n) is 3.13. The van der Waals surface area contributed by atoms with Gasteiger partial charge in [0.15, 0.2) is 5.12 Å². The summed E-state index contributed by atoms with van der Waals surface area (Å²) < 4.78 is 1.71. The lowest BCUT2D eigenvalue weighted by molar-refractivity contribution is -0.110. The molecule has 2 aromatic rings. The molecule has 0 aliphatic carbocycles. The van der Waals surface area contributed by atoms with E-state index in [0.29, 0.717) is 39.2 Å². The van der Waals surface area contributed by atoms with E-state index in [-0.39, 0.29) is 5.12 Å². The van der Waals surface area contributed by atoms with Gasteiger partial charge in [-0.05, 0) is 30.4 Å². The maximum absolute atomic E-state index is 11.0. The monoisotopic (exact) mass is 394 g/mol. The van der Waals surface area contributed by atoms with E-state index in [9.17, 15) is 4.79 Å². The molecule has 0 amide bonds. The Labute approximate surface area is 153 Å². The number of aromatic nitrogens is 2. The Morgan fingerprint density at radius 1 is 1.32 bits per heavy atom. The number of thiol groups is 1. The Morgan fingerprint density at radius 3 is 2.55 bits per heavy atom. The molecule has 0 unspecified atom stereocenters. The normalized spacial score (nSPS) is 11.0. The Balaban J connectivity index is 2.51. The second-order valence-electron chi connectivity index (χ2n) is 4.61. The number of carbonyl (C=O) groups is 1. The molecule has 2 rings (SSSR count). The number of hydrogen-bond acceptors (Lipinski definition) is 3. The molecule has 0 atom stereocenters. The highest BCUT2D eigenvalue weighted by molar-refractivity contribution is 7.98. The summed E-state index contributed by atoms with van der Waals surface area (Å²) >= 11 is 24.2. The summed E-state index contributed by atoms with van der Waals surface area (Å²) in [5.41, 5.74) is 2.12. The minimum atomic E-state index is -0.187. The number of hydrogen-bond donors (Lipinski definition) is 1. The van der Waals surface area contributed by atoms with Gasteiger partial charge in [-0.1, -0.05) is 34.8 Å². The highest BCUT2D eigenvalue weighted by Gasteiger charge is 2.19. The van der Waals surface area contributed by atoms with Crippen molar-refractivity contribution in [2.24, 2.45) is 7.05 Å². The lowest BCUT2D eigenvalue weighted by atomic mass is 10.0. The van der Waals surface area contributed by atoms with Gasteiger partial charge in [-0.3, -0.25) is 9.48 Å². The van der Waals surface area contributed by atoms with Crippen LogP contribution in [0.2, 0.25) is 15.1 Å². The molecule has 1 aromatic carbocycles. The largest absolute Gasteiger partial charge is 0.287 e. The van der Waals surface area contributed by atoms with Gasteiger partial charge in [-0.2, -0.15) is 5.10 Å². The number of rotatable bonds is 5. The molecule has 118 valence electrons. The van der Waals surface area contributed by atoms with Gasteiger partial charge in [0.25, 0.3) is 0 Å². The highest BCUT2D eigenvalue weighted by atomic mass is 35.5. The Hall–Kier alpha value is -0.330.